The molecule has 0 atom stereocenters. The van der Waals surface area contributed by atoms with Crippen molar-refractivity contribution < 1.29 is 9.53 Å². The van der Waals surface area contributed by atoms with Gasteiger partial charge >= 0.3 is 0 Å². The summed E-state index contributed by atoms with van der Waals surface area (Å²) in [6.45, 7) is 4.44. The van der Waals surface area contributed by atoms with Gasteiger partial charge < -0.3 is 10.1 Å². The number of hydrogen-bond acceptors (Lipinski definition) is 5. The Hall–Kier alpha value is -3.42. The molecule has 0 radical (unpaired) electrons. The number of nitrogens with zero attached hydrogens (tertiary/aromatic N) is 4. The van der Waals surface area contributed by atoms with Gasteiger partial charge in [0.2, 0.25) is 0 Å². The van der Waals surface area contributed by atoms with Crippen LogP contribution in [0.15, 0.2) is 53.6 Å². The standard InChI is InChI=1S/C19H21N5O3/c1-14-4-5-16(12-15(14)2)27-13-18(25)20-9-11-24-19(26)7-6-17(22-24)23-10-3-8-21-23/h3-8,10,12H,9,11,13H2,1-2H3,(H,20,25). The summed E-state index contributed by atoms with van der Waals surface area (Å²) in [6, 6.07) is 10.5. The normalized spacial score (nSPS) is 10.6. The van der Waals surface area contributed by atoms with Gasteiger partial charge in [-0.15, -0.1) is 5.10 Å². The zero-order valence-corrected chi connectivity index (χ0v) is 15.3. The number of amides is 1. The van der Waals surface area contributed by atoms with Crippen LogP contribution in [-0.2, 0) is 11.3 Å². The Balaban J connectivity index is 1.50. The Morgan fingerprint density at radius 2 is 2.04 bits per heavy atom. The third-order valence-corrected chi connectivity index (χ3v) is 4.09. The van der Waals surface area contributed by atoms with Crippen LogP contribution in [0.4, 0.5) is 0 Å². The highest BCUT2D eigenvalue weighted by Gasteiger charge is 2.06. The van der Waals surface area contributed by atoms with Crippen molar-refractivity contribution in [2.24, 2.45) is 0 Å². The van der Waals surface area contributed by atoms with Crippen LogP contribution in [0.1, 0.15) is 11.1 Å². The quantitative estimate of drug-likeness (QED) is 0.678. The van der Waals surface area contributed by atoms with Gasteiger partial charge in [0.1, 0.15) is 5.75 Å². The molecule has 0 unspecified atom stereocenters. The highest BCUT2D eigenvalue weighted by atomic mass is 16.5. The second-order valence-corrected chi connectivity index (χ2v) is 6.09. The van der Waals surface area contributed by atoms with Crippen molar-refractivity contribution in [3.63, 3.8) is 0 Å². The third kappa shape index (κ3) is 4.81. The molecule has 8 nitrogen and oxygen atoms in total. The van der Waals surface area contributed by atoms with Gasteiger partial charge in [-0.25, -0.2) is 9.36 Å². The second-order valence-electron chi connectivity index (χ2n) is 6.09. The van der Waals surface area contributed by atoms with Gasteiger partial charge in [-0.2, -0.15) is 5.10 Å². The number of rotatable bonds is 7. The number of aromatic nitrogens is 4. The molecule has 140 valence electrons. The van der Waals surface area contributed by atoms with Crippen LogP contribution in [0.5, 0.6) is 5.75 Å². The van der Waals surface area contributed by atoms with E-state index in [0.717, 1.165) is 5.56 Å². The van der Waals surface area contributed by atoms with E-state index in [9.17, 15) is 9.59 Å². The van der Waals surface area contributed by atoms with Crippen molar-refractivity contribution in [1.29, 1.82) is 0 Å². The van der Waals surface area contributed by atoms with E-state index in [4.69, 9.17) is 4.74 Å². The zero-order chi connectivity index (χ0) is 19.2. The van der Waals surface area contributed by atoms with Crippen molar-refractivity contribution in [1.82, 2.24) is 24.9 Å². The molecule has 3 aromatic rings. The third-order valence-electron chi connectivity index (χ3n) is 4.09. The highest BCUT2D eigenvalue weighted by molar-refractivity contribution is 5.77. The summed E-state index contributed by atoms with van der Waals surface area (Å²) in [6.07, 6.45) is 3.37. The first-order valence-electron chi connectivity index (χ1n) is 8.58. The molecule has 0 saturated heterocycles. The largest absolute Gasteiger partial charge is 0.484 e. The van der Waals surface area contributed by atoms with Crippen molar-refractivity contribution in [2.75, 3.05) is 13.2 Å². The minimum absolute atomic E-state index is 0.0852. The molecule has 2 heterocycles. The first-order valence-corrected chi connectivity index (χ1v) is 8.58. The van der Waals surface area contributed by atoms with Crippen LogP contribution in [0, 0.1) is 13.8 Å². The minimum atomic E-state index is -0.260. The van der Waals surface area contributed by atoms with Gasteiger partial charge in [0.15, 0.2) is 12.4 Å². The molecule has 1 amide bonds. The van der Waals surface area contributed by atoms with Gasteiger partial charge in [0.25, 0.3) is 11.5 Å². The number of aryl methyl sites for hydroxylation is 2. The van der Waals surface area contributed by atoms with Crippen LogP contribution in [0.2, 0.25) is 0 Å². The Kier molecular flexibility index (Phi) is 5.65. The van der Waals surface area contributed by atoms with Crippen LogP contribution in [0.3, 0.4) is 0 Å². The molecule has 8 heteroatoms. The fourth-order valence-electron chi connectivity index (χ4n) is 2.43. The van der Waals surface area contributed by atoms with E-state index in [0.29, 0.717) is 11.6 Å². The van der Waals surface area contributed by atoms with E-state index in [1.807, 2.05) is 32.0 Å². The second kappa shape index (κ2) is 8.31. The Morgan fingerprint density at radius 3 is 2.78 bits per heavy atom. The highest BCUT2D eigenvalue weighted by Crippen LogP contribution is 2.16. The topological polar surface area (TPSA) is 91.0 Å². The van der Waals surface area contributed by atoms with Crippen molar-refractivity contribution in [3.05, 3.63) is 70.3 Å². The van der Waals surface area contributed by atoms with E-state index in [2.05, 4.69) is 15.5 Å². The van der Waals surface area contributed by atoms with E-state index in [1.54, 1.807) is 29.2 Å². The first kappa shape index (κ1) is 18.4. The van der Waals surface area contributed by atoms with Gasteiger partial charge in [-0.3, -0.25) is 9.59 Å². The lowest BCUT2D eigenvalue weighted by Crippen LogP contribution is -2.34. The minimum Gasteiger partial charge on any atom is -0.484 e. The molecule has 1 N–H and O–H groups in total. The van der Waals surface area contributed by atoms with E-state index in [1.165, 1.54) is 16.3 Å². The summed E-state index contributed by atoms with van der Waals surface area (Å²) in [5.74, 6) is 0.923. The summed E-state index contributed by atoms with van der Waals surface area (Å²) < 4.78 is 8.34. The van der Waals surface area contributed by atoms with Crippen molar-refractivity contribution >= 4 is 5.91 Å². The zero-order valence-electron chi connectivity index (χ0n) is 15.3. The fourth-order valence-corrected chi connectivity index (χ4v) is 2.43. The predicted molar refractivity (Wildman–Crippen MR) is 100 cm³/mol. The molecule has 0 spiro atoms. The maximum absolute atomic E-state index is 11.9. The summed E-state index contributed by atoms with van der Waals surface area (Å²) >= 11 is 0. The molecule has 1 aromatic carbocycles. The molecule has 0 saturated carbocycles. The smallest absolute Gasteiger partial charge is 0.266 e. The first-order chi connectivity index (χ1) is 13.0. The fraction of sp³-hybridized carbons (Fsp3) is 0.263. The van der Waals surface area contributed by atoms with Crippen LogP contribution >= 0.6 is 0 Å². The molecule has 0 aliphatic heterocycles. The maximum Gasteiger partial charge on any atom is 0.266 e. The van der Waals surface area contributed by atoms with Gasteiger partial charge in [-0.1, -0.05) is 6.07 Å². The molecular weight excluding hydrogens is 346 g/mol. The summed E-state index contributed by atoms with van der Waals surface area (Å²) in [7, 11) is 0. The molecule has 0 aliphatic rings. The monoisotopic (exact) mass is 367 g/mol. The molecule has 0 aliphatic carbocycles. The molecule has 0 fully saturated rings. The predicted octanol–water partition coefficient (Wildman–Crippen LogP) is 1.24. The number of carbonyl (C=O) groups excluding carboxylic acids is 1. The van der Waals surface area contributed by atoms with Crippen molar-refractivity contribution in [3.8, 4) is 11.6 Å². The molecule has 2 aromatic heterocycles. The Bertz CT molecular complexity index is 979. The number of nitrogens with one attached hydrogen (secondary N) is 1. The van der Waals surface area contributed by atoms with Gasteiger partial charge in [0, 0.05) is 25.0 Å². The average Bonchev–Trinajstić information content (AvgIpc) is 3.19. The average molecular weight is 367 g/mol. The van der Waals surface area contributed by atoms with E-state index < -0.39 is 0 Å². The number of ether oxygens (including phenoxy) is 1. The number of hydrogen-bond donors (Lipinski definition) is 1. The van der Waals surface area contributed by atoms with Gasteiger partial charge in [0.05, 0.1) is 6.54 Å². The summed E-state index contributed by atoms with van der Waals surface area (Å²) in [5, 5.41) is 11.1. The van der Waals surface area contributed by atoms with E-state index >= 15 is 0 Å². The maximum atomic E-state index is 11.9. The lowest BCUT2D eigenvalue weighted by molar-refractivity contribution is -0.123. The summed E-state index contributed by atoms with van der Waals surface area (Å²) in [4.78, 5) is 23.9. The summed E-state index contributed by atoms with van der Waals surface area (Å²) in [5.41, 5.74) is 2.03. The SMILES string of the molecule is Cc1ccc(OCC(=O)NCCn2nc(-n3cccn3)ccc2=O)cc1C. The molecule has 0 bridgehead atoms. The Labute approximate surface area is 156 Å². The molecule has 3 rings (SSSR count). The van der Waals surface area contributed by atoms with Crippen molar-refractivity contribution in [2.45, 2.75) is 20.4 Å². The van der Waals surface area contributed by atoms with Crippen LogP contribution in [-0.4, -0.2) is 38.6 Å². The lowest BCUT2D eigenvalue weighted by Gasteiger charge is -2.10. The Morgan fingerprint density at radius 1 is 1.19 bits per heavy atom. The number of carbonyl (C=O) groups is 1. The van der Waals surface area contributed by atoms with E-state index in [-0.39, 0.29) is 31.2 Å². The van der Waals surface area contributed by atoms with Crippen LogP contribution < -0.4 is 15.6 Å². The molecule has 27 heavy (non-hydrogen) atoms. The van der Waals surface area contributed by atoms with Crippen LogP contribution in [0.25, 0.3) is 5.82 Å². The van der Waals surface area contributed by atoms with Gasteiger partial charge in [-0.05, 0) is 49.2 Å². The lowest BCUT2D eigenvalue weighted by atomic mass is 10.1. The number of benzene rings is 1. The molecular formula is C19H21N5O3.